The molecule has 7 nitrogen and oxygen atoms in total. The second-order valence-electron chi connectivity index (χ2n) is 4.96. The predicted octanol–water partition coefficient (Wildman–Crippen LogP) is 3.49. The largest absolute Gasteiger partial charge is 0.493 e. The summed E-state index contributed by atoms with van der Waals surface area (Å²) in [6.45, 7) is 1.29. The van der Waals surface area contributed by atoms with Crippen LogP contribution in [0.5, 0.6) is 17.2 Å². The Morgan fingerprint density at radius 2 is 1.54 bits per heavy atom. The van der Waals surface area contributed by atoms with Crippen LogP contribution in [-0.2, 0) is 0 Å². The second-order valence-corrected chi connectivity index (χ2v) is 4.96. The fraction of sp³-hybridized carbons (Fsp3) is 0.235. The van der Waals surface area contributed by atoms with Gasteiger partial charge < -0.3 is 14.2 Å². The molecule has 0 N–H and O–H groups in total. The standard InChI is InChI=1S/C17H17NO6/c1-10(19)13-7-11(5-6-14(13)18(20)21)12-8-15(22-2)17(24-4)16(9-12)23-3/h5-9H,1-4H3. The third kappa shape index (κ3) is 3.15. The number of ether oxygens (including phenoxy) is 3. The van der Waals surface area contributed by atoms with Crippen molar-refractivity contribution < 1.29 is 23.9 Å². The summed E-state index contributed by atoms with van der Waals surface area (Å²) in [5.74, 6) is 0.970. The van der Waals surface area contributed by atoms with Gasteiger partial charge in [0.25, 0.3) is 5.69 Å². The highest BCUT2D eigenvalue weighted by Crippen LogP contribution is 2.41. The van der Waals surface area contributed by atoms with Gasteiger partial charge in [-0.1, -0.05) is 0 Å². The zero-order valence-corrected chi connectivity index (χ0v) is 13.8. The molecule has 7 heteroatoms. The lowest BCUT2D eigenvalue weighted by atomic mass is 9.99. The highest BCUT2D eigenvalue weighted by molar-refractivity contribution is 5.99. The molecule has 0 saturated heterocycles. The smallest absolute Gasteiger partial charge is 0.280 e. The molecule has 0 aliphatic rings. The number of carbonyl (C=O) groups excluding carboxylic acids is 1. The minimum absolute atomic E-state index is 0.0475. The SMILES string of the molecule is COc1cc(-c2ccc([N+](=O)[O-])c(C(C)=O)c2)cc(OC)c1OC. The molecule has 0 aromatic heterocycles. The van der Waals surface area contributed by atoms with E-state index in [0.717, 1.165) is 0 Å². The number of rotatable bonds is 6. The number of carbonyl (C=O) groups is 1. The maximum Gasteiger partial charge on any atom is 0.280 e. The molecular weight excluding hydrogens is 314 g/mol. The number of Topliss-reactive ketones (excluding diaryl/α,β-unsaturated/α-hetero) is 1. The van der Waals surface area contributed by atoms with E-state index in [0.29, 0.717) is 28.4 Å². The first-order valence-electron chi connectivity index (χ1n) is 7.02. The minimum atomic E-state index is -0.574. The summed E-state index contributed by atoms with van der Waals surface area (Å²) in [5.41, 5.74) is 1.14. The van der Waals surface area contributed by atoms with E-state index in [2.05, 4.69) is 0 Å². The van der Waals surface area contributed by atoms with Crippen LogP contribution in [0.1, 0.15) is 17.3 Å². The summed E-state index contributed by atoms with van der Waals surface area (Å²) in [6.07, 6.45) is 0. The highest BCUT2D eigenvalue weighted by atomic mass is 16.6. The van der Waals surface area contributed by atoms with Crippen LogP contribution in [0.25, 0.3) is 11.1 Å². The van der Waals surface area contributed by atoms with Crippen molar-refractivity contribution >= 4 is 11.5 Å². The zero-order valence-electron chi connectivity index (χ0n) is 13.8. The molecule has 0 aliphatic carbocycles. The van der Waals surface area contributed by atoms with Crippen LogP contribution in [0.2, 0.25) is 0 Å². The maximum absolute atomic E-state index is 11.7. The first kappa shape index (κ1) is 17.3. The Kier molecular flexibility index (Phi) is 5.03. The van der Waals surface area contributed by atoms with Crippen molar-refractivity contribution in [2.45, 2.75) is 6.92 Å². The lowest BCUT2D eigenvalue weighted by Gasteiger charge is -2.14. The molecule has 0 heterocycles. The summed E-state index contributed by atoms with van der Waals surface area (Å²) in [6, 6.07) is 7.81. The molecule has 24 heavy (non-hydrogen) atoms. The van der Waals surface area contributed by atoms with Crippen molar-refractivity contribution in [2.24, 2.45) is 0 Å². The lowest BCUT2D eigenvalue weighted by molar-refractivity contribution is -0.385. The number of nitro groups is 1. The van der Waals surface area contributed by atoms with Crippen LogP contribution in [-0.4, -0.2) is 32.0 Å². The molecule has 0 fully saturated rings. The van der Waals surface area contributed by atoms with E-state index in [-0.39, 0.29) is 17.0 Å². The normalized spacial score (nSPS) is 10.2. The van der Waals surface area contributed by atoms with Crippen LogP contribution in [0.4, 0.5) is 5.69 Å². The fourth-order valence-corrected chi connectivity index (χ4v) is 2.40. The van der Waals surface area contributed by atoms with E-state index in [1.165, 1.54) is 40.4 Å². The van der Waals surface area contributed by atoms with Gasteiger partial charge in [-0.25, -0.2) is 0 Å². The molecule has 2 rings (SSSR count). The number of hydrogen-bond acceptors (Lipinski definition) is 6. The quantitative estimate of drug-likeness (QED) is 0.457. The summed E-state index contributed by atoms with van der Waals surface area (Å²) in [5, 5.41) is 11.1. The van der Waals surface area contributed by atoms with Gasteiger partial charge in [-0.15, -0.1) is 0 Å². The van der Waals surface area contributed by atoms with Crippen molar-refractivity contribution in [3.05, 3.63) is 46.0 Å². The van der Waals surface area contributed by atoms with Crippen LogP contribution < -0.4 is 14.2 Å². The zero-order chi connectivity index (χ0) is 17.9. The number of benzene rings is 2. The molecule has 0 spiro atoms. The fourth-order valence-electron chi connectivity index (χ4n) is 2.40. The summed E-state index contributed by atoms with van der Waals surface area (Å²) >= 11 is 0. The molecule has 0 bridgehead atoms. The van der Waals surface area contributed by atoms with Gasteiger partial charge in [0.15, 0.2) is 17.3 Å². The first-order chi connectivity index (χ1) is 11.4. The maximum atomic E-state index is 11.7. The molecule has 0 aliphatic heterocycles. The van der Waals surface area contributed by atoms with Crippen LogP contribution >= 0.6 is 0 Å². The number of ketones is 1. The lowest BCUT2D eigenvalue weighted by Crippen LogP contribution is -2.01. The molecule has 0 unspecified atom stereocenters. The van der Waals surface area contributed by atoms with E-state index in [1.807, 2.05) is 0 Å². The van der Waals surface area contributed by atoms with Crippen LogP contribution in [0.15, 0.2) is 30.3 Å². The Hall–Kier alpha value is -3.09. The molecule has 0 amide bonds. The van der Waals surface area contributed by atoms with Gasteiger partial charge in [0.1, 0.15) is 0 Å². The topological polar surface area (TPSA) is 87.9 Å². The second kappa shape index (κ2) is 6.99. The van der Waals surface area contributed by atoms with Crippen molar-refractivity contribution in [3.63, 3.8) is 0 Å². The van der Waals surface area contributed by atoms with E-state index >= 15 is 0 Å². The average Bonchev–Trinajstić information content (AvgIpc) is 2.59. The molecule has 2 aromatic carbocycles. The van der Waals surface area contributed by atoms with Gasteiger partial charge in [0.2, 0.25) is 5.75 Å². The highest BCUT2D eigenvalue weighted by Gasteiger charge is 2.20. The van der Waals surface area contributed by atoms with E-state index < -0.39 is 4.92 Å². The number of methoxy groups -OCH3 is 3. The number of hydrogen-bond donors (Lipinski definition) is 0. The van der Waals surface area contributed by atoms with Crippen molar-refractivity contribution in [2.75, 3.05) is 21.3 Å². The molecule has 0 saturated carbocycles. The number of nitrogens with zero attached hydrogens (tertiary/aromatic N) is 1. The van der Waals surface area contributed by atoms with Crippen molar-refractivity contribution in [1.29, 1.82) is 0 Å². The Morgan fingerprint density at radius 3 is 1.96 bits per heavy atom. The summed E-state index contributed by atoms with van der Waals surface area (Å²) < 4.78 is 15.9. The predicted molar refractivity (Wildman–Crippen MR) is 88.2 cm³/mol. The Labute approximate surface area is 138 Å². The third-order valence-electron chi connectivity index (χ3n) is 3.57. The summed E-state index contributed by atoms with van der Waals surface area (Å²) in [4.78, 5) is 22.2. The van der Waals surface area contributed by atoms with Gasteiger partial charge in [-0.3, -0.25) is 14.9 Å². The van der Waals surface area contributed by atoms with E-state index in [9.17, 15) is 14.9 Å². The Bertz CT molecular complexity index is 775. The van der Waals surface area contributed by atoms with Crippen molar-refractivity contribution in [1.82, 2.24) is 0 Å². The molecule has 2 aromatic rings. The molecule has 0 radical (unpaired) electrons. The van der Waals surface area contributed by atoms with E-state index in [4.69, 9.17) is 14.2 Å². The summed E-state index contributed by atoms with van der Waals surface area (Å²) in [7, 11) is 4.50. The van der Waals surface area contributed by atoms with Crippen molar-refractivity contribution in [3.8, 4) is 28.4 Å². The van der Waals surface area contributed by atoms with Crippen LogP contribution in [0, 0.1) is 10.1 Å². The molecule has 126 valence electrons. The van der Waals surface area contributed by atoms with Gasteiger partial charge in [-0.05, 0) is 42.3 Å². The number of nitro benzene ring substituents is 1. The molecule has 0 atom stereocenters. The minimum Gasteiger partial charge on any atom is -0.493 e. The van der Waals surface area contributed by atoms with Gasteiger partial charge >= 0.3 is 0 Å². The van der Waals surface area contributed by atoms with Gasteiger partial charge in [0.05, 0.1) is 31.8 Å². The Balaban J connectivity index is 2.66. The first-order valence-corrected chi connectivity index (χ1v) is 7.02. The average molecular weight is 331 g/mol. The third-order valence-corrected chi connectivity index (χ3v) is 3.57. The molecular formula is C17H17NO6. The van der Waals surface area contributed by atoms with E-state index in [1.54, 1.807) is 18.2 Å². The van der Waals surface area contributed by atoms with Gasteiger partial charge in [-0.2, -0.15) is 0 Å². The monoisotopic (exact) mass is 331 g/mol. The van der Waals surface area contributed by atoms with Gasteiger partial charge in [0, 0.05) is 6.07 Å². The Morgan fingerprint density at radius 1 is 0.958 bits per heavy atom. The van der Waals surface area contributed by atoms with Crippen LogP contribution in [0.3, 0.4) is 0 Å².